The number of carbonyl (C=O) groups excluding carboxylic acids is 2. The smallest absolute Gasteiger partial charge is 0.258 e. The Morgan fingerprint density at radius 3 is 2.83 bits per heavy atom. The number of hydrogen-bond donors (Lipinski definition) is 0. The molecule has 0 unspecified atom stereocenters. The van der Waals surface area contributed by atoms with Crippen molar-refractivity contribution >= 4 is 50.8 Å². The molecule has 0 bridgehead atoms. The number of thiazole rings is 1. The molecule has 30 heavy (non-hydrogen) atoms. The van der Waals surface area contributed by atoms with Crippen LogP contribution in [0.25, 0.3) is 10.2 Å². The van der Waals surface area contributed by atoms with Gasteiger partial charge in [0.25, 0.3) is 5.91 Å². The summed E-state index contributed by atoms with van der Waals surface area (Å²) in [5, 5.41) is 0. The summed E-state index contributed by atoms with van der Waals surface area (Å²) in [7, 11) is 0. The molecule has 0 N–H and O–H groups in total. The van der Waals surface area contributed by atoms with Crippen LogP contribution in [0.3, 0.4) is 0 Å². The summed E-state index contributed by atoms with van der Waals surface area (Å²) in [4.78, 5) is 32.1. The number of amides is 2. The van der Waals surface area contributed by atoms with Crippen LogP contribution in [0.4, 0.5) is 5.69 Å². The molecule has 0 saturated heterocycles. The topological polar surface area (TPSA) is 54.7 Å². The van der Waals surface area contributed by atoms with Gasteiger partial charge in [0, 0.05) is 18.8 Å². The predicted molar refractivity (Wildman–Crippen MR) is 125 cm³/mol. The van der Waals surface area contributed by atoms with Gasteiger partial charge in [0.15, 0.2) is 4.80 Å². The molecule has 1 aliphatic heterocycles. The van der Waals surface area contributed by atoms with Crippen molar-refractivity contribution in [1.82, 2.24) is 4.57 Å². The van der Waals surface area contributed by atoms with E-state index in [2.05, 4.69) is 47.7 Å². The number of aromatic nitrogens is 1. The van der Waals surface area contributed by atoms with E-state index in [1.165, 1.54) is 34.2 Å². The molecule has 2 heterocycles. The maximum atomic E-state index is 12.7. The highest BCUT2D eigenvalue weighted by atomic mass is 32.2. The Labute approximate surface area is 184 Å². The average Bonchev–Trinajstić information content (AvgIpc) is 3.08. The first kappa shape index (κ1) is 20.9. The van der Waals surface area contributed by atoms with Gasteiger partial charge in [-0.15, -0.1) is 11.8 Å². The maximum absolute atomic E-state index is 12.7. The van der Waals surface area contributed by atoms with E-state index >= 15 is 0 Å². The second kappa shape index (κ2) is 9.18. The van der Waals surface area contributed by atoms with E-state index in [1.807, 2.05) is 23.1 Å². The summed E-state index contributed by atoms with van der Waals surface area (Å²) in [5.74, 6) is 0.353. The lowest BCUT2D eigenvalue weighted by Gasteiger charge is -2.29. The van der Waals surface area contributed by atoms with Crippen molar-refractivity contribution < 1.29 is 9.59 Å². The SMILES string of the molecule is CCn1c(=NC(=O)CSCC(=O)N2CCCc3ccccc32)sc2cc(C)ccc21. The first-order chi connectivity index (χ1) is 14.6. The largest absolute Gasteiger partial charge is 0.317 e. The van der Waals surface area contributed by atoms with Gasteiger partial charge in [0.2, 0.25) is 5.91 Å². The molecule has 2 amide bonds. The molecule has 1 aliphatic rings. The number of rotatable bonds is 5. The maximum Gasteiger partial charge on any atom is 0.258 e. The molecule has 4 rings (SSSR count). The Balaban J connectivity index is 1.41. The van der Waals surface area contributed by atoms with Gasteiger partial charge in [-0.3, -0.25) is 9.59 Å². The molecule has 0 fully saturated rings. The number of thioether (sulfide) groups is 1. The highest BCUT2D eigenvalue weighted by molar-refractivity contribution is 8.00. The molecule has 7 heteroatoms. The summed E-state index contributed by atoms with van der Waals surface area (Å²) in [6.45, 7) is 5.62. The number of carbonyl (C=O) groups is 2. The predicted octanol–water partition coefficient (Wildman–Crippen LogP) is 4.17. The van der Waals surface area contributed by atoms with Gasteiger partial charge in [-0.05, 0) is 56.0 Å². The summed E-state index contributed by atoms with van der Waals surface area (Å²) in [6.07, 6.45) is 1.99. The Kier molecular flexibility index (Phi) is 6.39. The minimum atomic E-state index is -0.197. The lowest BCUT2D eigenvalue weighted by atomic mass is 10.0. The second-order valence-electron chi connectivity index (χ2n) is 7.38. The van der Waals surface area contributed by atoms with E-state index in [9.17, 15) is 9.59 Å². The number of fused-ring (bicyclic) bond motifs is 2. The number of benzene rings is 2. The number of aryl methyl sites for hydroxylation is 3. The van der Waals surface area contributed by atoms with Crippen molar-refractivity contribution in [3.63, 3.8) is 0 Å². The van der Waals surface area contributed by atoms with E-state index in [1.54, 1.807) is 0 Å². The summed E-state index contributed by atoms with van der Waals surface area (Å²) >= 11 is 2.88. The van der Waals surface area contributed by atoms with Crippen LogP contribution in [-0.2, 0) is 22.6 Å². The van der Waals surface area contributed by atoms with Crippen molar-refractivity contribution in [2.45, 2.75) is 33.2 Å². The Morgan fingerprint density at radius 1 is 1.17 bits per heavy atom. The summed E-state index contributed by atoms with van der Waals surface area (Å²) < 4.78 is 3.20. The monoisotopic (exact) mass is 439 g/mol. The van der Waals surface area contributed by atoms with Gasteiger partial charge < -0.3 is 9.47 Å². The second-order valence-corrected chi connectivity index (χ2v) is 9.37. The van der Waals surface area contributed by atoms with E-state index in [0.29, 0.717) is 0 Å². The zero-order valence-corrected chi connectivity index (χ0v) is 18.9. The van der Waals surface area contributed by atoms with E-state index in [-0.39, 0.29) is 23.3 Å². The van der Waals surface area contributed by atoms with Crippen molar-refractivity contribution in [1.29, 1.82) is 0 Å². The minimum absolute atomic E-state index is 0.0564. The fraction of sp³-hybridized carbons (Fsp3) is 0.348. The molecule has 5 nitrogen and oxygen atoms in total. The highest BCUT2D eigenvalue weighted by Gasteiger charge is 2.22. The van der Waals surface area contributed by atoms with Gasteiger partial charge in [0.05, 0.1) is 21.7 Å². The Morgan fingerprint density at radius 2 is 2.00 bits per heavy atom. The molecular weight excluding hydrogens is 414 g/mol. The van der Waals surface area contributed by atoms with Crippen LogP contribution in [-0.4, -0.2) is 34.4 Å². The van der Waals surface area contributed by atoms with E-state index in [0.717, 1.165) is 46.6 Å². The first-order valence-corrected chi connectivity index (χ1v) is 12.2. The minimum Gasteiger partial charge on any atom is -0.317 e. The van der Waals surface area contributed by atoms with Crippen molar-refractivity contribution in [3.05, 3.63) is 58.4 Å². The van der Waals surface area contributed by atoms with Crippen molar-refractivity contribution in [2.75, 3.05) is 23.0 Å². The van der Waals surface area contributed by atoms with Crippen molar-refractivity contribution in [2.24, 2.45) is 4.99 Å². The van der Waals surface area contributed by atoms with Crippen LogP contribution in [0.2, 0.25) is 0 Å². The molecule has 156 valence electrons. The number of hydrogen-bond acceptors (Lipinski definition) is 4. The van der Waals surface area contributed by atoms with Crippen molar-refractivity contribution in [3.8, 4) is 0 Å². The molecule has 0 spiro atoms. The fourth-order valence-corrected chi connectivity index (χ4v) is 5.69. The molecule has 1 aromatic heterocycles. The van der Waals surface area contributed by atoms with Gasteiger partial charge in [0.1, 0.15) is 0 Å². The van der Waals surface area contributed by atoms with E-state index in [4.69, 9.17) is 0 Å². The third kappa shape index (κ3) is 4.37. The van der Waals surface area contributed by atoms with E-state index < -0.39 is 0 Å². The van der Waals surface area contributed by atoms with Crippen LogP contribution in [0, 0.1) is 6.92 Å². The van der Waals surface area contributed by atoms with Gasteiger partial charge in [-0.25, -0.2) is 0 Å². The van der Waals surface area contributed by atoms with Gasteiger partial charge >= 0.3 is 0 Å². The Bertz CT molecular complexity index is 1160. The van der Waals surface area contributed by atoms with Crippen LogP contribution < -0.4 is 9.70 Å². The van der Waals surface area contributed by atoms with Crippen LogP contribution in [0.15, 0.2) is 47.5 Å². The number of anilines is 1. The average molecular weight is 440 g/mol. The molecule has 3 aromatic rings. The van der Waals surface area contributed by atoms with Crippen LogP contribution in [0.5, 0.6) is 0 Å². The standard InChI is InChI=1S/C23H25N3O2S2/c1-3-25-19-11-10-16(2)13-20(19)30-23(25)24-21(27)14-29-15-22(28)26-12-6-8-17-7-4-5-9-18(17)26/h4-5,7,9-11,13H,3,6,8,12,14-15H2,1-2H3. The molecule has 0 atom stereocenters. The molecule has 0 saturated carbocycles. The number of para-hydroxylation sites is 1. The molecular formula is C23H25N3O2S2. The summed E-state index contributed by atoms with van der Waals surface area (Å²) in [5.41, 5.74) is 4.52. The lowest BCUT2D eigenvalue weighted by molar-refractivity contribution is -0.116. The lowest BCUT2D eigenvalue weighted by Crippen LogP contribution is -2.36. The fourth-order valence-electron chi connectivity index (χ4n) is 3.81. The summed E-state index contributed by atoms with van der Waals surface area (Å²) in [6, 6.07) is 14.4. The van der Waals surface area contributed by atoms with Gasteiger partial charge in [-0.1, -0.05) is 35.6 Å². The zero-order valence-electron chi connectivity index (χ0n) is 17.3. The van der Waals surface area contributed by atoms with Crippen LogP contribution in [0.1, 0.15) is 24.5 Å². The molecule has 0 radical (unpaired) electrons. The third-order valence-electron chi connectivity index (χ3n) is 5.24. The quantitative estimate of drug-likeness (QED) is 0.600. The molecule has 0 aliphatic carbocycles. The zero-order chi connectivity index (χ0) is 21.1. The first-order valence-electron chi connectivity index (χ1n) is 10.2. The normalized spacial score (nSPS) is 14.2. The Hall–Kier alpha value is -2.38. The van der Waals surface area contributed by atoms with Crippen LogP contribution >= 0.6 is 23.1 Å². The molecule has 2 aromatic carbocycles. The number of nitrogens with zero attached hydrogens (tertiary/aromatic N) is 3. The van der Waals surface area contributed by atoms with Gasteiger partial charge in [-0.2, -0.15) is 4.99 Å². The third-order valence-corrected chi connectivity index (χ3v) is 7.18. The highest BCUT2D eigenvalue weighted by Crippen LogP contribution is 2.27.